The van der Waals surface area contributed by atoms with Crippen LogP contribution in [0.5, 0.6) is 0 Å². The number of aryl methyl sites for hydroxylation is 2. The van der Waals surface area contributed by atoms with Crippen LogP contribution in [0.25, 0.3) is 0 Å². The molecule has 1 atom stereocenters. The zero-order valence-corrected chi connectivity index (χ0v) is 12.2. The fraction of sp³-hybridized carbons (Fsp3) is 0.250. The summed E-state index contributed by atoms with van der Waals surface area (Å²) in [6.07, 6.45) is 0. The van der Waals surface area contributed by atoms with Gasteiger partial charge in [-0.05, 0) is 38.0 Å². The van der Waals surface area contributed by atoms with E-state index < -0.39 is 10.7 Å². The Kier molecular flexibility index (Phi) is 4.21. The molecule has 2 aromatic rings. The molecule has 0 aromatic heterocycles. The SMILES string of the molecule is Cc1ccc(C)c(C(C)Nc2cc(F)cc([N+](=O)[O-])c2)c1. The summed E-state index contributed by atoms with van der Waals surface area (Å²) in [4.78, 5) is 10.2. The zero-order chi connectivity index (χ0) is 15.6. The van der Waals surface area contributed by atoms with Crippen molar-refractivity contribution in [1.82, 2.24) is 0 Å². The smallest absolute Gasteiger partial charge is 0.274 e. The number of benzene rings is 2. The predicted molar refractivity (Wildman–Crippen MR) is 81.0 cm³/mol. The summed E-state index contributed by atoms with van der Waals surface area (Å²) in [5, 5.41) is 13.9. The minimum absolute atomic E-state index is 0.0775. The highest BCUT2D eigenvalue weighted by Gasteiger charge is 2.13. The third-order valence-corrected chi connectivity index (χ3v) is 3.38. The molecule has 2 rings (SSSR count). The van der Waals surface area contributed by atoms with Gasteiger partial charge in [-0.15, -0.1) is 0 Å². The second-order valence-electron chi connectivity index (χ2n) is 5.18. The number of hydrogen-bond acceptors (Lipinski definition) is 3. The van der Waals surface area contributed by atoms with E-state index in [2.05, 4.69) is 11.4 Å². The molecule has 0 heterocycles. The monoisotopic (exact) mass is 288 g/mol. The van der Waals surface area contributed by atoms with Gasteiger partial charge in [-0.2, -0.15) is 0 Å². The summed E-state index contributed by atoms with van der Waals surface area (Å²) in [5.41, 5.74) is 3.48. The maximum absolute atomic E-state index is 13.4. The highest BCUT2D eigenvalue weighted by molar-refractivity contribution is 5.53. The summed E-state index contributed by atoms with van der Waals surface area (Å²) < 4.78 is 13.4. The number of halogens is 1. The molecule has 21 heavy (non-hydrogen) atoms. The van der Waals surface area contributed by atoms with Crippen molar-refractivity contribution >= 4 is 11.4 Å². The Bertz CT molecular complexity index is 686. The Labute approximate surface area is 122 Å². The number of anilines is 1. The van der Waals surface area contributed by atoms with Crippen LogP contribution in [0.2, 0.25) is 0 Å². The molecule has 2 aromatic carbocycles. The normalized spacial score (nSPS) is 12.0. The lowest BCUT2D eigenvalue weighted by molar-refractivity contribution is -0.385. The third-order valence-electron chi connectivity index (χ3n) is 3.38. The van der Waals surface area contributed by atoms with Crippen molar-refractivity contribution in [2.24, 2.45) is 0 Å². The molecule has 0 radical (unpaired) electrons. The molecule has 1 unspecified atom stereocenters. The van der Waals surface area contributed by atoms with Gasteiger partial charge in [-0.1, -0.05) is 23.8 Å². The van der Waals surface area contributed by atoms with Gasteiger partial charge in [0.25, 0.3) is 5.69 Å². The molecule has 0 aliphatic carbocycles. The van der Waals surface area contributed by atoms with Gasteiger partial charge in [0.2, 0.25) is 0 Å². The van der Waals surface area contributed by atoms with Crippen LogP contribution in [0.3, 0.4) is 0 Å². The Morgan fingerprint density at radius 3 is 2.57 bits per heavy atom. The van der Waals surface area contributed by atoms with Gasteiger partial charge < -0.3 is 5.32 Å². The molecule has 110 valence electrons. The van der Waals surface area contributed by atoms with E-state index in [4.69, 9.17) is 0 Å². The Morgan fingerprint density at radius 2 is 1.90 bits per heavy atom. The van der Waals surface area contributed by atoms with Crippen LogP contribution in [0.1, 0.15) is 29.7 Å². The van der Waals surface area contributed by atoms with Crippen LogP contribution in [-0.4, -0.2) is 4.92 Å². The molecular weight excluding hydrogens is 271 g/mol. The van der Waals surface area contributed by atoms with Gasteiger partial charge in [0.05, 0.1) is 11.0 Å². The Balaban J connectivity index is 2.29. The quantitative estimate of drug-likeness (QED) is 0.664. The number of nitrogens with zero attached hydrogens (tertiary/aromatic N) is 1. The first-order valence-electron chi connectivity index (χ1n) is 6.65. The number of non-ortho nitro benzene ring substituents is 1. The minimum atomic E-state index is -0.625. The van der Waals surface area contributed by atoms with Crippen LogP contribution in [0, 0.1) is 29.8 Å². The molecule has 1 N–H and O–H groups in total. The highest BCUT2D eigenvalue weighted by atomic mass is 19.1. The van der Waals surface area contributed by atoms with E-state index in [1.54, 1.807) is 0 Å². The summed E-state index contributed by atoms with van der Waals surface area (Å²) in [5.74, 6) is -0.625. The fourth-order valence-electron chi connectivity index (χ4n) is 2.32. The summed E-state index contributed by atoms with van der Waals surface area (Å²) in [7, 11) is 0. The van der Waals surface area contributed by atoms with Crippen LogP contribution < -0.4 is 5.32 Å². The van der Waals surface area contributed by atoms with E-state index in [-0.39, 0.29) is 11.7 Å². The van der Waals surface area contributed by atoms with Crippen molar-refractivity contribution in [2.75, 3.05) is 5.32 Å². The van der Waals surface area contributed by atoms with Gasteiger partial charge in [0.15, 0.2) is 0 Å². The predicted octanol–water partition coefficient (Wildman–Crippen LogP) is 4.52. The molecule has 5 heteroatoms. The van der Waals surface area contributed by atoms with E-state index >= 15 is 0 Å². The first kappa shape index (κ1) is 15.0. The lowest BCUT2D eigenvalue weighted by Crippen LogP contribution is -2.09. The second kappa shape index (κ2) is 5.91. The number of nitro groups is 1. The van der Waals surface area contributed by atoms with Gasteiger partial charge >= 0.3 is 0 Å². The van der Waals surface area contributed by atoms with E-state index in [9.17, 15) is 14.5 Å². The maximum atomic E-state index is 13.4. The van der Waals surface area contributed by atoms with Gasteiger partial charge in [-0.25, -0.2) is 4.39 Å². The van der Waals surface area contributed by atoms with Gasteiger partial charge in [-0.3, -0.25) is 10.1 Å². The first-order chi connectivity index (χ1) is 9.86. The van der Waals surface area contributed by atoms with Crippen LogP contribution in [0.15, 0.2) is 36.4 Å². The summed E-state index contributed by atoms with van der Waals surface area (Å²) in [6, 6.07) is 9.54. The third kappa shape index (κ3) is 3.56. The van der Waals surface area contributed by atoms with Crippen molar-refractivity contribution in [3.63, 3.8) is 0 Å². The van der Waals surface area contributed by atoms with Crippen molar-refractivity contribution in [3.8, 4) is 0 Å². The van der Waals surface area contributed by atoms with Gasteiger partial charge in [0.1, 0.15) is 5.82 Å². The molecule has 0 saturated heterocycles. The molecule has 0 aliphatic rings. The van der Waals surface area contributed by atoms with E-state index in [1.807, 2.05) is 32.9 Å². The largest absolute Gasteiger partial charge is 0.378 e. The molecule has 0 bridgehead atoms. The molecular formula is C16H17FN2O2. The van der Waals surface area contributed by atoms with E-state index in [0.717, 1.165) is 22.8 Å². The lowest BCUT2D eigenvalue weighted by atomic mass is 10.00. The standard InChI is InChI=1S/C16H17FN2O2/c1-10-4-5-11(2)16(6-10)12(3)18-14-7-13(17)8-15(9-14)19(20)21/h4-9,12,18H,1-3H3. The average Bonchev–Trinajstić information content (AvgIpc) is 2.40. The number of hydrogen-bond donors (Lipinski definition) is 1. The fourth-order valence-corrected chi connectivity index (χ4v) is 2.32. The lowest BCUT2D eigenvalue weighted by Gasteiger charge is -2.18. The Morgan fingerprint density at radius 1 is 1.19 bits per heavy atom. The summed E-state index contributed by atoms with van der Waals surface area (Å²) in [6.45, 7) is 5.95. The Hall–Kier alpha value is -2.43. The first-order valence-corrected chi connectivity index (χ1v) is 6.65. The van der Waals surface area contributed by atoms with Gasteiger partial charge in [0, 0.05) is 17.8 Å². The van der Waals surface area contributed by atoms with E-state index in [1.165, 1.54) is 12.1 Å². The number of nitro benzene ring substituents is 1. The molecule has 0 saturated carbocycles. The molecule has 4 nitrogen and oxygen atoms in total. The summed E-state index contributed by atoms with van der Waals surface area (Å²) >= 11 is 0. The van der Waals surface area contributed by atoms with Crippen molar-refractivity contribution in [2.45, 2.75) is 26.8 Å². The highest BCUT2D eigenvalue weighted by Crippen LogP contribution is 2.26. The van der Waals surface area contributed by atoms with Crippen LogP contribution in [0.4, 0.5) is 15.8 Å². The maximum Gasteiger partial charge on any atom is 0.274 e. The van der Waals surface area contributed by atoms with Crippen LogP contribution in [-0.2, 0) is 0 Å². The minimum Gasteiger partial charge on any atom is -0.378 e. The van der Waals surface area contributed by atoms with Crippen molar-refractivity contribution < 1.29 is 9.31 Å². The molecule has 0 fully saturated rings. The average molecular weight is 288 g/mol. The van der Waals surface area contributed by atoms with E-state index in [0.29, 0.717) is 5.69 Å². The second-order valence-corrected chi connectivity index (χ2v) is 5.18. The number of nitrogens with one attached hydrogen (secondary N) is 1. The molecule has 0 amide bonds. The topological polar surface area (TPSA) is 55.2 Å². The number of rotatable bonds is 4. The van der Waals surface area contributed by atoms with Crippen molar-refractivity contribution in [3.05, 3.63) is 69.0 Å². The zero-order valence-electron chi connectivity index (χ0n) is 12.2. The molecule has 0 aliphatic heterocycles. The molecule has 0 spiro atoms. The van der Waals surface area contributed by atoms with Crippen molar-refractivity contribution in [1.29, 1.82) is 0 Å². The van der Waals surface area contributed by atoms with Crippen LogP contribution >= 0.6 is 0 Å².